The van der Waals surface area contributed by atoms with E-state index in [0.29, 0.717) is 30.3 Å². The van der Waals surface area contributed by atoms with Crippen LogP contribution >= 0.6 is 0 Å². The third-order valence-electron chi connectivity index (χ3n) is 5.69. The number of amides is 2. The van der Waals surface area contributed by atoms with Crippen molar-refractivity contribution in [1.82, 2.24) is 19.9 Å². The first-order chi connectivity index (χ1) is 17.5. The van der Waals surface area contributed by atoms with Gasteiger partial charge in [-0.3, -0.25) is 4.79 Å². The van der Waals surface area contributed by atoms with Gasteiger partial charge in [0.1, 0.15) is 11.7 Å². The Morgan fingerprint density at radius 3 is 2.53 bits per heavy atom. The number of aliphatic carboxylic acids is 1. The lowest BCUT2D eigenvalue weighted by Crippen LogP contribution is -2.30. The number of anilines is 2. The van der Waals surface area contributed by atoms with E-state index in [1.54, 1.807) is 30.9 Å². The van der Waals surface area contributed by atoms with Crippen molar-refractivity contribution in [3.8, 4) is 0 Å². The third-order valence-corrected chi connectivity index (χ3v) is 5.69. The number of imidazole rings is 1. The first-order valence-corrected chi connectivity index (χ1v) is 11.6. The van der Waals surface area contributed by atoms with Crippen LogP contribution in [0.5, 0.6) is 0 Å². The monoisotopic (exact) mass is 484 g/mol. The topological polar surface area (TPSA) is 135 Å². The van der Waals surface area contributed by atoms with Crippen LogP contribution in [0.2, 0.25) is 0 Å². The lowest BCUT2D eigenvalue weighted by Gasteiger charge is -2.10. The maximum Gasteiger partial charge on any atom is 0.319 e. The molecule has 1 atom stereocenters. The minimum Gasteiger partial charge on any atom is -0.481 e. The Morgan fingerprint density at radius 1 is 0.972 bits per heavy atom. The Kier molecular flexibility index (Phi) is 7.92. The minimum absolute atomic E-state index is 0.262. The zero-order valence-electron chi connectivity index (χ0n) is 19.7. The SMILES string of the molecule is Nc1ccc(CC(C(=O)O)c2cn(Cc3cccc(NC(=O)NCCc4ccccc4)c3)cn2)cn1. The van der Waals surface area contributed by atoms with Gasteiger partial charge in [0.25, 0.3) is 0 Å². The Bertz CT molecular complexity index is 1300. The maximum absolute atomic E-state index is 12.3. The van der Waals surface area contributed by atoms with Crippen LogP contribution in [-0.4, -0.2) is 38.2 Å². The molecule has 1 unspecified atom stereocenters. The van der Waals surface area contributed by atoms with Gasteiger partial charge in [-0.1, -0.05) is 48.5 Å². The van der Waals surface area contributed by atoms with Gasteiger partial charge in [-0.25, -0.2) is 14.8 Å². The van der Waals surface area contributed by atoms with Gasteiger partial charge in [-0.2, -0.15) is 0 Å². The largest absolute Gasteiger partial charge is 0.481 e. The summed E-state index contributed by atoms with van der Waals surface area (Å²) in [5.41, 5.74) is 9.62. The van der Waals surface area contributed by atoms with E-state index in [-0.39, 0.29) is 12.5 Å². The van der Waals surface area contributed by atoms with Crippen LogP contribution in [0.4, 0.5) is 16.3 Å². The second-order valence-corrected chi connectivity index (χ2v) is 8.47. The highest BCUT2D eigenvalue weighted by molar-refractivity contribution is 5.89. The molecule has 5 N–H and O–H groups in total. The number of carboxylic acid groups (broad SMARTS) is 1. The number of hydrogen-bond donors (Lipinski definition) is 4. The summed E-state index contributed by atoms with van der Waals surface area (Å²) >= 11 is 0. The minimum atomic E-state index is -0.957. The first-order valence-electron chi connectivity index (χ1n) is 11.6. The van der Waals surface area contributed by atoms with E-state index in [1.165, 1.54) is 0 Å². The number of urea groups is 1. The molecule has 0 saturated carbocycles. The zero-order chi connectivity index (χ0) is 25.3. The van der Waals surface area contributed by atoms with E-state index in [4.69, 9.17) is 5.73 Å². The smallest absolute Gasteiger partial charge is 0.319 e. The van der Waals surface area contributed by atoms with Crippen LogP contribution in [0.1, 0.15) is 28.3 Å². The molecular formula is C27H28N6O3. The summed E-state index contributed by atoms with van der Waals surface area (Å²) < 4.78 is 1.82. The number of carbonyl (C=O) groups is 2. The number of nitrogens with zero attached hydrogens (tertiary/aromatic N) is 3. The molecule has 0 aliphatic heterocycles. The highest BCUT2D eigenvalue weighted by atomic mass is 16.4. The van der Waals surface area contributed by atoms with Gasteiger partial charge in [0, 0.05) is 31.2 Å². The number of benzene rings is 2. The molecule has 0 saturated heterocycles. The van der Waals surface area contributed by atoms with E-state index < -0.39 is 11.9 Å². The molecular weight excluding hydrogens is 456 g/mol. The number of carbonyl (C=O) groups excluding carboxylic acids is 1. The van der Waals surface area contributed by atoms with Gasteiger partial charge in [0.05, 0.1) is 12.0 Å². The second kappa shape index (κ2) is 11.7. The van der Waals surface area contributed by atoms with Crippen molar-refractivity contribution in [2.45, 2.75) is 25.3 Å². The van der Waals surface area contributed by atoms with Crippen LogP contribution in [0.25, 0.3) is 0 Å². The molecule has 0 aliphatic rings. The average Bonchev–Trinajstić information content (AvgIpc) is 3.32. The number of pyridine rings is 1. The van der Waals surface area contributed by atoms with Crippen molar-refractivity contribution in [3.63, 3.8) is 0 Å². The summed E-state index contributed by atoms with van der Waals surface area (Å²) in [6.45, 7) is 1.01. The molecule has 0 bridgehead atoms. The summed E-state index contributed by atoms with van der Waals surface area (Å²) in [5.74, 6) is -1.37. The highest BCUT2D eigenvalue weighted by Gasteiger charge is 2.23. The van der Waals surface area contributed by atoms with Crippen LogP contribution in [0, 0.1) is 0 Å². The molecule has 2 heterocycles. The van der Waals surface area contributed by atoms with Gasteiger partial charge in [0.15, 0.2) is 0 Å². The van der Waals surface area contributed by atoms with Gasteiger partial charge >= 0.3 is 12.0 Å². The number of nitrogen functional groups attached to an aromatic ring is 1. The standard InChI is InChI=1S/C27H28N6O3/c28-25-10-9-20(15-30-25)14-23(26(34)35)24-17-33(18-31-24)16-21-7-4-8-22(13-21)32-27(36)29-12-11-19-5-2-1-3-6-19/h1-10,13,15,17-18,23H,11-12,14,16H2,(H2,28,30)(H,34,35)(H2,29,32,36). The van der Waals surface area contributed by atoms with Gasteiger partial charge in [-0.05, 0) is 47.7 Å². The van der Waals surface area contributed by atoms with Crippen molar-refractivity contribution in [2.24, 2.45) is 0 Å². The fourth-order valence-corrected chi connectivity index (χ4v) is 3.85. The molecule has 0 spiro atoms. The number of hydrogen-bond acceptors (Lipinski definition) is 5. The quantitative estimate of drug-likeness (QED) is 0.271. The molecule has 2 amide bonds. The van der Waals surface area contributed by atoms with Crippen LogP contribution in [0.15, 0.2) is 85.5 Å². The van der Waals surface area contributed by atoms with Crippen molar-refractivity contribution >= 4 is 23.5 Å². The summed E-state index contributed by atoms with van der Waals surface area (Å²) in [6.07, 6.45) is 5.95. The van der Waals surface area contributed by atoms with E-state index in [9.17, 15) is 14.7 Å². The first kappa shape index (κ1) is 24.5. The zero-order valence-corrected chi connectivity index (χ0v) is 19.7. The van der Waals surface area contributed by atoms with E-state index in [2.05, 4.69) is 20.6 Å². The molecule has 0 aliphatic carbocycles. The molecule has 9 nitrogen and oxygen atoms in total. The number of aromatic nitrogens is 3. The van der Waals surface area contributed by atoms with Gasteiger partial charge < -0.3 is 26.0 Å². The molecule has 4 rings (SSSR count). The molecule has 9 heteroatoms. The van der Waals surface area contributed by atoms with Crippen molar-refractivity contribution in [3.05, 3.63) is 108 Å². The fourth-order valence-electron chi connectivity index (χ4n) is 3.85. The Labute approximate surface area is 209 Å². The number of nitrogens with one attached hydrogen (secondary N) is 2. The molecule has 36 heavy (non-hydrogen) atoms. The normalized spacial score (nSPS) is 11.6. The van der Waals surface area contributed by atoms with Crippen molar-refractivity contribution in [2.75, 3.05) is 17.6 Å². The van der Waals surface area contributed by atoms with Gasteiger partial charge in [0.2, 0.25) is 0 Å². The number of nitrogens with two attached hydrogens (primary N) is 1. The van der Waals surface area contributed by atoms with Crippen LogP contribution in [-0.2, 0) is 24.2 Å². The summed E-state index contributed by atoms with van der Waals surface area (Å²) in [4.78, 5) is 32.5. The summed E-state index contributed by atoms with van der Waals surface area (Å²) in [6, 6.07) is 20.6. The van der Waals surface area contributed by atoms with Crippen molar-refractivity contribution < 1.29 is 14.7 Å². The molecule has 2 aromatic carbocycles. The lowest BCUT2D eigenvalue weighted by molar-refractivity contribution is -0.138. The van der Waals surface area contributed by atoms with Crippen LogP contribution < -0.4 is 16.4 Å². The van der Waals surface area contributed by atoms with Crippen LogP contribution in [0.3, 0.4) is 0 Å². The van der Waals surface area contributed by atoms with E-state index >= 15 is 0 Å². The summed E-state index contributed by atoms with van der Waals surface area (Å²) in [5, 5.41) is 15.5. The molecule has 184 valence electrons. The van der Waals surface area contributed by atoms with E-state index in [1.807, 2.05) is 59.2 Å². The fraction of sp³-hybridized carbons (Fsp3) is 0.185. The number of carboxylic acids is 1. The Balaban J connectivity index is 1.34. The molecule has 0 fully saturated rings. The molecule has 0 radical (unpaired) electrons. The maximum atomic E-state index is 12.3. The average molecular weight is 485 g/mol. The second-order valence-electron chi connectivity index (χ2n) is 8.47. The Hall–Kier alpha value is -4.66. The predicted molar refractivity (Wildman–Crippen MR) is 138 cm³/mol. The van der Waals surface area contributed by atoms with Crippen molar-refractivity contribution in [1.29, 1.82) is 0 Å². The summed E-state index contributed by atoms with van der Waals surface area (Å²) in [7, 11) is 0. The molecule has 4 aromatic rings. The molecule has 2 aromatic heterocycles. The Morgan fingerprint density at radius 2 is 1.78 bits per heavy atom. The highest BCUT2D eigenvalue weighted by Crippen LogP contribution is 2.21. The number of rotatable bonds is 10. The van der Waals surface area contributed by atoms with Gasteiger partial charge in [-0.15, -0.1) is 0 Å². The predicted octanol–water partition coefficient (Wildman–Crippen LogP) is 3.68. The lowest BCUT2D eigenvalue weighted by atomic mass is 9.98. The van der Waals surface area contributed by atoms with E-state index in [0.717, 1.165) is 23.1 Å². The third kappa shape index (κ3) is 6.92.